The number of hydrogen-bond donors (Lipinski definition) is 3. The van der Waals surface area contributed by atoms with Gasteiger partial charge in [0.25, 0.3) is 0 Å². The number of rotatable bonds is 5. The Morgan fingerprint density at radius 3 is 2.41 bits per heavy atom. The van der Waals surface area contributed by atoms with E-state index in [4.69, 9.17) is 0 Å². The van der Waals surface area contributed by atoms with Crippen molar-refractivity contribution < 1.29 is 4.79 Å². The topological polar surface area (TPSA) is 53.2 Å². The first-order chi connectivity index (χ1) is 8.11. The molecule has 0 radical (unpaired) electrons. The molecule has 0 bridgehead atoms. The van der Waals surface area contributed by atoms with E-state index >= 15 is 0 Å². The number of benzene rings is 1. The summed E-state index contributed by atoms with van der Waals surface area (Å²) in [5, 5.41) is 8.82. The zero-order valence-electron chi connectivity index (χ0n) is 10.7. The first kappa shape index (κ1) is 13.5. The molecule has 0 spiro atoms. The molecule has 4 heteroatoms. The molecule has 0 atom stereocenters. The summed E-state index contributed by atoms with van der Waals surface area (Å²) >= 11 is 0. The monoisotopic (exact) mass is 235 g/mol. The third-order valence-corrected chi connectivity index (χ3v) is 2.21. The number of carbonyl (C=O) groups is 1. The Hall–Kier alpha value is -1.55. The summed E-state index contributed by atoms with van der Waals surface area (Å²) in [6.45, 7) is 7.75. The van der Waals surface area contributed by atoms with E-state index in [1.165, 1.54) is 5.56 Å². The molecule has 0 saturated heterocycles. The van der Waals surface area contributed by atoms with Crippen LogP contribution in [0.1, 0.15) is 26.3 Å². The predicted molar refractivity (Wildman–Crippen MR) is 71.1 cm³/mol. The Bertz CT molecular complexity index is 346. The second-order valence-corrected chi connectivity index (χ2v) is 4.23. The lowest BCUT2D eigenvalue weighted by molar-refractivity contribution is 0.250. The standard InChI is InChI=1S/C13H21N3O/c1-4-14-9-11-5-7-12(8-6-11)16-13(17)15-10(2)3/h5-8,10,14H,4,9H2,1-3H3,(H2,15,16,17). The number of urea groups is 1. The first-order valence-corrected chi connectivity index (χ1v) is 5.99. The van der Waals surface area contributed by atoms with Crippen LogP contribution in [0, 0.1) is 0 Å². The molecule has 0 unspecified atom stereocenters. The van der Waals surface area contributed by atoms with E-state index in [0.717, 1.165) is 18.8 Å². The number of amides is 2. The molecule has 3 N–H and O–H groups in total. The van der Waals surface area contributed by atoms with Crippen LogP contribution >= 0.6 is 0 Å². The average Bonchev–Trinajstić information content (AvgIpc) is 2.27. The van der Waals surface area contributed by atoms with Crippen LogP contribution < -0.4 is 16.0 Å². The number of carbonyl (C=O) groups excluding carboxylic acids is 1. The zero-order valence-corrected chi connectivity index (χ0v) is 10.7. The van der Waals surface area contributed by atoms with Crippen LogP contribution in [0.15, 0.2) is 24.3 Å². The van der Waals surface area contributed by atoms with Gasteiger partial charge in [-0.2, -0.15) is 0 Å². The van der Waals surface area contributed by atoms with Crippen LogP contribution in [0.3, 0.4) is 0 Å². The lowest BCUT2D eigenvalue weighted by Crippen LogP contribution is -2.34. The maximum Gasteiger partial charge on any atom is 0.319 e. The van der Waals surface area contributed by atoms with Crippen molar-refractivity contribution in [1.29, 1.82) is 0 Å². The largest absolute Gasteiger partial charge is 0.336 e. The summed E-state index contributed by atoms with van der Waals surface area (Å²) in [6, 6.07) is 7.81. The van der Waals surface area contributed by atoms with E-state index in [1.54, 1.807) is 0 Å². The molecule has 94 valence electrons. The summed E-state index contributed by atoms with van der Waals surface area (Å²) in [6.07, 6.45) is 0. The van der Waals surface area contributed by atoms with Gasteiger partial charge < -0.3 is 16.0 Å². The fraction of sp³-hybridized carbons (Fsp3) is 0.462. The Balaban J connectivity index is 2.47. The molecule has 1 rings (SSSR count). The Kier molecular flexibility index (Phi) is 5.49. The van der Waals surface area contributed by atoms with Crippen LogP contribution in [0.5, 0.6) is 0 Å². The van der Waals surface area contributed by atoms with Gasteiger partial charge in [-0.1, -0.05) is 19.1 Å². The SMILES string of the molecule is CCNCc1ccc(NC(=O)NC(C)C)cc1. The number of anilines is 1. The molecule has 0 heterocycles. The fourth-order valence-electron chi connectivity index (χ4n) is 1.40. The van der Waals surface area contributed by atoms with Gasteiger partial charge in [-0.05, 0) is 38.1 Å². The highest BCUT2D eigenvalue weighted by Crippen LogP contribution is 2.09. The van der Waals surface area contributed by atoms with Gasteiger partial charge in [0.05, 0.1) is 0 Å². The normalized spacial score (nSPS) is 10.4. The highest BCUT2D eigenvalue weighted by atomic mass is 16.2. The van der Waals surface area contributed by atoms with E-state index < -0.39 is 0 Å². The minimum absolute atomic E-state index is 0.142. The van der Waals surface area contributed by atoms with Crippen LogP contribution in [-0.4, -0.2) is 18.6 Å². The highest BCUT2D eigenvalue weighted by Gasteiger charge is 2.02. The maximum absolute atomic E-state index is 11.4. The predicted octanol–water partition coefficient (Wildman–Crippen LogP) is 2.33. The molecule has 0 aliphatic rings. The summed E-state index contributed by atoms with van der Waals surface area (Å²) in [5.74, 6) is 0. The van der Waals surface area contributed by atoms with Crippen LogP contribution in [0.4, 0.5) is 10.5 Å². The van der Waals surface area contributed by atoms with Gasteiger partial charge in [0, 0.05) is 18.3 Å². The quantitative estimate of drug-likeness (QED) is 0.733. The minimum atomic E-state index is -0.167. The smallest absolute Gasteiger partial charge is 0.319 e. The summed E-state index contributed by atoms with van der Waals surface area (Å²) in [5.41, 5.74) is 2.02. The third-order valence-electron chi connectivity index (χ3n) is 2.21. The van der Waals surface area contributed by atoms with Crippen LogP contribution in [-0.2, 0) is 6.54 Å². The van der Waals surface area contributed by atoms with Gasteiger partial charge in [0.1, 0.15) is 0 Å². The van der Waals surface area contributed by atoms with Gasteiger partial charge in [-0.3, -0.25) is 0 Å². The van der Waals surface area contributed by atoms with Crippen molar-refractivity contribution in [3.63, 3.8) is 0 Å². The lowest BCUT2D eigenvalue weighted by atomic mass is 10.2. The van der Waals surface area contributed by atoms with Crippen molar-refractivity contribution in [3.05, 3.63) is 29.8 Å². The van der Waals surface area contributed by atoms with Crippen LogP contribution in [0.25, 0.3) is 0 Å². The molecule has 1 aromatic rings. The van der Waals surface area contributed by atoms with Crippen molar-refractivity contribution in [3.8, 4) is 0 Å². The third kappa shape index (κ3) is 5.36. The van der Waals surface area contributed by atoms with Crippen molar-refractivity contribution in [2.24, 2.45) is 0 Å². The summed E-state index contributed by atoms with van der Waals surface area (Å²) in [7, 11) is 0. The molecular weight excluding hydrogens is 214 g/mol. The molecule has 1 aromatic carbocycles. The second kappa shape index (κ2) is 6.91. The van der Waals surface area contributed by atoms with Gasteiger partial charge in [-0.15, -0.1) is 0 Å². The van der Waals surface area contributed by atoms with Crippen molar-refractivity contribution in [1.82, 2.24) is 10.6 Å². The van der Waals surface area contributed by atoms with Gasteiger partial charge in [0.2, 0.25) is 0 Å². The Morgan fingerprint density at radius 2 is 1.88 bits per heavy atom. The van der Waals surface area contributed by atoms with E-state index in [-0.39, 0.29) is 12.1 Å². The molecule has 0 aliphatic heterocycles. The molecule has 0 aromatic heterocycles. The molecular formula is C13H21N3O. The Labute approximate surface area is 103 Å². The zero-order chi connectivity index (χ0) is 12.7. The van der Waals surface area contributed by atoms with Crippen LogP contribution in [0.2, 0.25) is 0 Å². The minimum Gasteiger partial charge on any atom is -0.336 e. The molecule has 2 amide bonds. The van der Waals surface area contributed by atoms with Crippen molar-refractivity contribution in [2.45, 2.75) is 33.4 Å². The van der Waals surface area contributed by atoms with Crippen molar-refractivity contribution >= 4 is 11.7 Å². The summed E-state index contributed by atoms with van der Waals surface area (Å²) < 4.78 is 0. The van der Waals surface area contributed by atoms with E-state index in [9.17, 15) is 4.79 Å². The summed E-state index contributed by atoms with van der Waals surface area (Å²) in [4.78, 5) is 11.4. The Morgan fingerprint density at radius 1 is 1.24 bits per heavy atom. The van der Waals surface area contributed by atoms with Gasteiger partial charge in [0.15, 0.2) is 0 Å². The lowest BCUT2D eigenvalue weighted by Gasteiger charge is -2.10. The molecule has 4 nitrogen and oxygen atoms in total. The number of hydrogen-bond acceptors (Lipinski definition) is 2. The van der Waals surface area contributed by atoms with Gasteiger partial charge >= 0.3 is 6.03 Å². The van der Waals surface area contributed by atoms with E-state index in [2.05, 4.69) is 22.9 Å². The molecule has 0 saturated carbocycles. The molecule has 17 heavy (non-hydrogen) atoms. The number of nitrogens with one attached hydrogen (secondary N) is 3. The van der Waals surface area contributed by atoms with E-state index in [1.807, 2.05) is 38.1 Å². The first-order valence-electron chi connectivity index (χ1n) is 5.99. The van der Waals surface area contributed by atoms with E-state index in [0.29, 0.717) is 0 Å². The second-order valence-electron chi connectivity index (χ2n) is 4.23. The molecule has 0 aliphatic carbocycles. The van der Waals surface area contributed by atoms with Gasteiger partial charge in [-0.25, -0.2) is 4.79 Å². The maximum atomic E-state index is 11.4. The fourth-order valence-corrected chi connectivity index (χ4v) is 1.40. The van der Waals surface area contributed by atoms with Crippen molar-refractivity contribution in [2.75, 3.05) is 11.9 Å². The average molecular weight is 235 g/mol. The molecule has 0 fully saturated rings. The highest BCUT2D eigenvalue weighted by molar-refractivity contribution is 5.89.